The molecule has 3 heterocycles. The quantitative estimate of drug-likeness (QED) is 0.680. The van der Waals surface area contributed by atoms with Crippen molar-refractivity contribution in [3.05, 3.63) is 39.5 Å². The number of nitrogens with zero attached hydrogens (tertiary/aromatic N) is 2. The molecule has 11 heteroatoms. The van der Waals surface area contributed by atoms with Crippen LogP contribution in [-0.2, 0) is 9.53 Å². The first-order chi connectivity index (χ1) is 15.4. The van der Waals surface area contributed by atoms with Gasteiger partial charge >= 0.3 is 6.09 Å². The Morgan fingerprint density at radius 2 is 2.12 bits per heavy atom. The van der Waals surface area contributed by atoms with Crippen LogP contribution in [0.2, 0.25) is 4.34 Å². The number of nitrogens with one attached hydrogen (secondary N) is 1. The highest BCUT2D eigenvalue weighted by Crippen LogP contribution is 2.36. The highest BCUT2D eigenvalue weighted by Gasteiger charge is 2.35. The lowest BCUT2D eigenvalue weighted by Crippen LogP contribution is -2.39. The van der Waals surface area contributed by atoms with Crippen LogP contribution in [0.4, 0.5) is 20.6 Å². The molecular weight excluding hydrogens is 461 g/mol. The molecule has 0 saturated carbocycles. The highest BCUT2D eigenvalue weighted by atomic mass is 35.5. The van der Waals surface area contributed by atoms with Crippen molar-refractivity contribution in [3.8, 4) is 5.75 Å². The number of hydrogen-bond donors (Lipinski definition) is 1. The summed E-state index contributed by atoms with van der Waals surface area (Å²) in [7, 11) is 1.46. The van der Waals surface area contributed by atoms with E-state index in [1.807, 2.05) is 0 Å². The minimum Gasteiger partial charge on any atom is -0.494 e. The standard InChI is InChI=1S/C21H21ClFN3O5S/c1-30-16-9-13(25-7-6-12(23)8-19(25)27)2-3-15(16)26-11-14(31-21(26)29)10-24-20(28)17-4-5-18(22)32-17/h2-5,9,12,14H,6-8,10-11H2,1H3,(H,24,28). The van der Waals surface area contributed by atoms with E-state index in [0.29, 0.717) is 26.3 Å². The van der Waals surface area contributed by atoms with Gasteiger partial charge in [0.2, 0.25) is 5.91 Å². The first kappa shape index (κ1) is 22.3. The molecule has 2 aliphatic rings. The number of piperidine rings is 1. The topological polar surface area (TPSA) is 88.2 Å². The molecule has 1 aromatic heterocycles. The van der Waals surface area contributed by atoms with Gasteiger partial charge in [-0.15, -0.1) is 11.3 Å². The molecular formula is C21H21ClFN3O5S. The number of hydrogen-bond acceptors (Lipinski definition) is 6. The molecule has 4 rings (SSSR count). The van der Waals surface area contributed by atoms with Crippen LogP contribution in [0, 0.1) is 0 Å². The summed E-state index contributed by atoms with van der Waals surface area (Å²) in [5.74, 6) is -0.199. The molecule has 170 valence electrons. The Morgan fingerprint density at radius 1 is 1.31 bits per heavy atom. The smallest absolute Gasteiger partial charge is 0.414 e. The number of halogens is 2. The van der Waals surface area contributed by atoms with Crippen molar-refractivity contribution in [3.63, 3.8) is 0 Å². The van der Waals surface area contributed by atoms with Crippen molar-refractivity contribution in [1.82, 2.24) is 5.32 Å². The Balaban J connectivity index is 1.43. The first-order valence-corrected chi connectivity index (χ1v) is 11.2. The van der Waals surface area contributed by atoms with Crippen molar-refractivity contribution < 1.29 is 28.2 Å². The van der Waals surface area contributed by atoms with E-state index >= 15 is 0 Å². The Hall–Kier alpha value is -2.85. The van der Waals surface area contributed by atoms with Crippen LogP contribution in [0.15, 0.2) is 30.3 Å². The van der Waals surface area contributed by atoms with Crippen molar-refractivity contribution in [1.29, 1.82) is 0 Å². The van der Waals surface area contributed by atoms with E-state index in [2.05, 4.69) is 5.32 Å². The molecule has 0 radical (unpaired) electrons. The van der Waals surface area contributed by atoms with Crippen molar-refractivity contribution in [2.45, 2.75) is 25.1 Å². The summed E-state index contributed by atoms with van der Waals surface area (Å²) >= 11 is 7.02. The zero-order valence-corrected chi connectivity index (χ0v) is 18.7. The minimum atomic E-state index is -1.12. The van der Waals surface area contributed by atoms with Gasteiger partial charge in [-0.1, -0.05) is 11.6 Å². The van der Waals surface area contributed by atoms with Crippen LogP contribution in [-0.4, -0.2) is 56.9 Å². The molecule has 32 heavy (non-hydrogen) atoms. The molecule has 8 nitrogen and oxygen atoms in total. The molecule has 2 atom stereocenters. The third-order valence-electron chi connectivity index (χ3n) is 5.29. The lowest BCUT2D eigenvalue weighted by Gasteiger charge is -2.29. The molecule has 2 saturated heterocycles. The summed E-state index contributed by atoms with van der Waals surface area (Å²) in [6.07, 6.45) is -2.10. The molecule has 1 N–H and O–H groups in total. The van der Waals surface area contributed by atoms with Gasteiger partial charge in [-0.05, 0) is 30.7 Å². The van der Waals surface area contributed by atoms with Gasteiger partial charge in [0.05, 0.1) is 41.5 Å². The molecule has 0 bridgehead atoms. The largest absolute Gasteiger partial charge is 0.494 e. The number of carbonyl (C=O) groups is 3. The number of ether oxygens (including phenoxy) is 2. The summed E-state index contributed by atoms with van der Waals surface area (Å²) in [5, 5.41) is 2.74. The van der Waals surface area contributed by atoms with Gasteiger partial charge in [-0.2, -0.15) is 0 Å². The normalized spacial score (nSPS) is 21.0. The number of alkyl halides is 1. The van der Waals surface area contributed by atoms with Crippen LogP contribution in [0.25, 0.3) is 0 Å². The van der Waals surface area contributed by atoms with Crippen molar-refractivity contribution >= 4 is 52.2 Å². The van der Waals surface area contributed by atoms with Crippen LogP contribution < -0.4 is 19.9 Å². The van der Waals surface area contributed by atoms with E-state index in [4.69, 9.17) is 21.1 Å². The number of amides is 3. The van der Waals surface area contributed by atoms with Gasteiger partial charge in [0, 0.05) is 18.3 Å². The van der Waals surface area contributed by atoms with Crippen LogP contribution >= 0.6 is 22.9 Å². The average Bonchev–Trinajstić information content (AvgIpc) is 3.37. The Labute approximate surface area is 192 Å². The number of methoxy groups -OCH3 is 1. The second kappa shape index (κ2) is 9.33. The molecule has 2 aliphatic heterocycles. The first-order valence-electron chi connectivity index (χ1n) is 10.00. The van der Waals surface area contributed by atoms with Crippen molar-refractivity contribution in [2.75, 3.05) is 36.5 Å². The third kappa shape index (κ3) is 4.66. The molecule has 2 fully saturated rings. The molecule has 1 aromatic carbocycles. The number of benzene rings is 1. The second-order valence-electron chi connectivity index (χ2n) is 7.42. The Kier molecular flexibility index (Phi) is 6.52. The second-order valence-corrected chi connectivity index (χ2v) is 9.14. The Bertz CT molecular complexity index is 1050. The maximum absolute atomic E-state index is 13.5. The number of thiophene rings is 1. The van der Waals surface area contributed by atoms with Gasteiger partial charge in [-0.3, -0.25) is 14.5 Å². The lowest BCUT2D eigenvalue weighted by molar-refractivity contribution is -0.120. The number of cyclic esters (lactones) is 1. The van der Waals surface area contributed by atoms with Crippen molar-refractivity contribution in [2.24, 2.45) is 0 Å². The van der Waals surface area contributed by atoms with Gasteiger partial charge in [0.1, 0.15) is 18.0 Å². The molecule has 3 amide bonds. The summed E-state index contributed by atoms with van der Waals surface area (Å²) in [6.45, 7) is 0.640. The fourth-order valence-corrected chi connectivity index (χ4v) is 4.64. The number of rotatable bonds is 6. The van der Waals surface area contributed by atoms with Gasteiger partial charge in [0.25, 0.3) is 5.91 Å². The zero-order valence-electron chi connectivity index (χ0n) is 17.2. The summed E-state index contributed by atoms with van der Waals surface area (Å²) in [6, 6.07) is 8.27. The fourth-order valence-electron chi connectivity index (χ4n) is 3.68. The maximum Gasteiger partial charge on any atom is 0.414 e. The molecule has 0 spiro atoms. The van der Waals surface area contributed by atoms with E-state index in [1.54, 1.807) is 30.3 Å². The van der Waals surface area contributed by atoms with Crippen LogP contribution in [0.5, 0.6) is 5.75 Å². The van der Waals surface area contributed by atoms with E-state index < -0.39 is 18.4 Å². The lowest BCUT2D eigenvalue weighted by atomic mass is 10.1. The van der Waals surface area contributed by atoms with E-state index in [9.17, 15) is 18.8 Å². The minimum absolute atomic E-state index is 0.143. The van der Waals surface area contributed by atoms with E-state index in [0.717, 1.165) is 11.3 Å². The molecule has 2 aromatic rings. The van der Waals surface area contributed by atoms with Gasteiger partial charge < -0.3 is 19.7 Å². The monoisotopic (exact) mass is 481 g/mol. The van der Waals surface area contributed by atoms with Crippen LogP contribution in [0.3, 0.4) is 0 Å². The van der Waals surface area contributed by atoms with Gasteiger partial charge in [-0.25, -0.2) is 9.18 Å². The molecule has 0 aliphatic carbocycles. The zero-order chi connectivity index (χ0) is 22.8. The number of carbonyl (C=O) groups excluding carboxylic acids is 3. The highest BCUT2D eigenvalue weighted by molar-refractivity contribution is 7.18. The summed E-state index contributed by atoms with van der Waals surface area (Å²) in [4.78, 5) is 40.2. The number of anilines is 2. The Morgan fingerprint density at radius 3 is 2.81 bits per heavy atom. The third-order valence-corrected chi connectivity index (χ3v) is 6.52. The maximum atomic E-state index is 13.5. The van der Waals surface area contributed by atoms with Crippen LogP contribution in [0.1, 0.15) is 22.5 Å². The van der Waals surface area contributed by atoms with Gasteiger partial charge in [0.15, 0.2) is 0 Å². The fraction of sp³-hybridized carbons (Fsp3) is 0.381. The summed E-state index contributed by atoms with van der Waals surface area (Å²) < 4.78 is 24.8. The molecule has 2 unspecified atom stereocenters. The SMILES string of the molecule is COc1cc(N2CCC(F)CC2=O)ccc1N1CC(CNC(=O)c2ccc(Cl)s2)OC1=O. The van der Waals surface area contributed by atoms with E-state index in [-0.39, 0.29) is 44.3 Å². The average molecular weight is 482 g/mol. The summed E-state index contributed by atoms with van der Waals surface area (Å²) in [5.41, 5.74) is 1.06. The van der Waals surface area contributed by atoms with E-state index in [1.165, 1.54) is 16.9 Å². The predicted molar refractivity (Wildman–Crippen MR) is 119 cm³/mol. The predicted octanol–water partition coefficient (Wildman–Crippen LogP) is 3.63.